The van der Waals surface area contributed by atoms with E-state index in [1.54, 1.807) is 0 Å². The van der Waals surface area contributed by atoms with E-state index >= 15 is 0 Å². The van der Waals surface area contributed by atoms with Crippen molar-refractivity contribution in [3.05, 3.63) is 76.0 Å². The Labute approximate surface area is 154 Å². The molecule has 2 heterocycles. The Hall–Kier alpha value is -3.01. The van der Waals surface area contributed by atoms with Gasteiger partial charge in [0, 0.05) is 35.0 Å². The molecule has 0 fully saturated rings. The second kappa shape index (κ2) is 6.37. The van der Waals surface area contributed by atoms with Gasteiger partial charge in [-0.2, -0.15) is 0 Å². The molecule has 1 N–H and O–H groups in total. The van der Waals surface area contributed by atoms with Gasteiger partial charge in [0.2, 0.25) is 5.95 Å². The predicted molar refractivity (Wildman–Crippen MR) is 107 cm³/mol. The van der Waals surface area contributed by atoms with Gasteiger partial charge >= 0.3 is 0 Å². The molecular formula is C22H22N4. The molecule has 1 aliphatic heterocycles. The largest absolute Gasteiger partial charge is 0.357 e. The SMILES string of the molecule is CNc1nc(C)c2c(n1)-c1ccc(C)cc1C(c1ccccc1C)=NC2. The Balaban J connectivity index is 2.03. The van der Waals surface area contributed by atoms with Crippen molar-refractivity contribution in [2.75, 3.05) is 12.4 Å². The van der Waals surface area contributed by atoms with E-state index < -0.39 is 0 Å². The number of aryl methyl sites for hydroxylation is 3. The molecule has 0 unspecified atom stereocenters. The number of hydrogen-bond acceptors (Lipinski definition) is 4. The molecular weight excluding hydrogens is 320 g/mol. The minimum absolute atomic E-state index is 0.586. The average Bonchev–Trinajstić information content (AvgIpc) is 2.79. The first-order chi connectivity index (χ1) is 12.6. The summed E-state index contributed by atoms with van der Waals surface area (Å²) in [6.07, 6.45) is 0. The fraction of sp³-hybridized carbons (Fsp3) is 0.227. The van der Waals surface area contributed by atoms with E-state index in [1.165, 1.54) is 16.7 Å². The Morgan fingerprint density at radius 2 is 1.69 bits per heavy atom. The van der Waals surface area contributed by atoms with Gasteiger partial charge in [0.15, 0.2) is 0 Å². The van der Waals surface area contributed by atoms with Gasteiger partial charge in [0.05, 0.1) is 18.0 Å². The van der Waals surface area contributed by atoms with Gasteiger partial charge in [0.25, 0.3) is 0 Å². The summed E-state index contributed by atoms with van der Waals surface area (Å²) >= 11 is 0. The number of nitrogens with one attached hydrogen (secondary N) is 1. The Morgan fingerprint density at radius 1 is 0.885 bits per heavy atom. The number of anilines is 1. The van der Waals surface area contributed by atoms with E-state index in [4.69, 9.17) is 9.98 Å². The maximum Gasteiger partial charge on any atom is 0.223 e. The van der Waals surface area contributed by atoms with Crippen molar-refractivity contribution in [3.8, 4) is 11.3 Å². The van der Waals surface area contributed by atoms with E-state index in [2.05, 4.69) is 66.6 Å². The lowest BCUT2D eigenvalue weighted by molar-refractivity contribution is 0.980. The average molecular weight is 342 g/mol. The normalized spacial score (nSPS) is 12.7. The van der Waals surface area contributed by atoms with Crippen LogP contribution in [0.5, 0.6) is 0 Å². The van der Waals surface area contributed by atoms with E-state index in [0.29, 0.717) is 12.5 Å². The third kappa shape index (κ3) is 2.68. The van der Waals surface area contributed by atoms with Crippen LogP contribution in [0.2, 0.25) is 0 Å². The van der Waals surface area contributed by atoms with Crippen LogP contribution in [0.1, 0.15) is 33.5 Å². The molecule has 4 nitrogen and oxygen atoms in total. The Bertz CT molecular complexity index is 1030. The highest BCUT2D eigenvalue weighted by Gasteiger charge is 2.23. The summed E-state index contributed by atoms with van der Waals surface area (Å²) in [5, 5.41) is 3.07. The standard InChI is InChI=1S/C22H22N4/c1-13-9-10-17-18(11-13)20(16-8-6-5-7-14(16)2)24-12-19-15(3)25-22(23-4)26-21(17)19/h5-11H,12H2,1-4H3,(H,23,25,26). The highest BCUT2D eigenvalue weighted by molar-refractivity contribution is 6.17. The highest BCUT2D eigenvalue weighted by Crippen LogP contribution is 2.34. The van der Waals surface area contributed by atoms with Crippen LogP contribution < -0.4 is 5.32 Å². The second-order valence-electron chi connectivity index (χ2n) is 6.74. The molecule has 1 aliphatic rings. The summed E-state index contributed by atoms with van der Waals surface area (Å²) in [6, 6.07) is 14.9. The van der Waals surface area contributed by atoms with Crippen LogP contribution in [0.25, 0.3) is 11.3 Å². The van der Waals surface area contributed by atoms with Gasteiger partial charge in [-0.1, -0.05) is 42.0 Å². The van der Waals surface area contributed by atoms with Crippen LogP contribution in [-0.2, 0) is 6.54 Å². The lowest BCUT2D eigenvalue weighted by Crippen LogP contribution is -2.07. The molecule has 130 valence electrons. The fourth-order valence-corrected chi connectivity index (χ4v) is 3.49. The number of nitrogens with zero attached hydrogens (tertiary/aromatic N) is 3. The Morgan fingerprint density at radius 3 is 2.46 bits per heavy atom. The van der Waals surface area contributed by atoms with Gasteiger partial charge in [-0.3, -0.25) is 4.99 Å². The maximum atomic E-state index is 5.01. The van der Waals surface area contributed by atoms with Crippen molar-refractivity contribution in [1.29, 1.82) is 0 Å². The predicted octanol–water partition coefficient (Wildman–Crippen LogP) is 4.46. The molecule has 0 saturated heterocycles. The number of rotatable bonds is 2. The molecule has 0 bridgehead atoms. The van der Waals surface area contributed by atoms with Crippen LogP contribution >= 0.6 is 0 Å². The lowest BCUT2D eigenvalue weighted by atomic mass is 9.92. The van der Waals surface area contributed by atoms with Gasteiger partial charge in [-0.05, 0) is 32.4 Å². The first-order valence-electron chi connectivity index (χ1n) is 8.85. The monoisotopic (exact) mass is 342 g/mol. The summed E-state index contributed by atoms with van der Waals surface area (Å²) in [4.78, 5) is 14.4. The van der Waals surface area contributed by atoms with Gasteiger partial charge < -0.3 is 5.32 Å². The minimum Gasteiger partial charge on any atom is -0.357 e. The third-order valence-electron chi connectivity index (χ3n) is 4.92. The third-order valence-corrected chi connectivity index (χ3v) is 4.92. The molecule has 0 atom stereocenters. The van der Waals surface area contributed by atoms with Crippen molar-refractivity contribution >= 4 is 11.7 Å². The number of hydrogen-bond donors (Lipinski definition) is 1. The van der Waals surface area contributed by atoms with Crippen molar-refractivity contribution in [2.24, 2.45) is 4.99 Å². The molecule has 0 radical (unpaired) electrons. The number of fused-ring (bicyclic) bond motifs is 3. The molecule has 3 aromatic rings. The quantitative estimate of drug-likeness (QED) is 0.748. The molecule has 1 aromatic heterocycles. The van der Waals surface area contributed by atoms with E-state index in [-0.39, 0.29) is 0 Å². The highest BCUT2D eigenvalue weighted by atomic mass is 15.1. The summed E-state index contributed by atoms with van der Waals surface area (Å²) in [5.74, 6) is 0.645. The second-order valence-corrected chi connectivity index (χ2v) is 6.74. The molecule has 4 rings (SSSR count). The van der Waals surface area contributed by atoms with Crippen LogP contribution in [0.15, 0.2) is 47.5 Å². The van der Waals surface area contributed by atoms with Crippen molar-refractivity contribution < 1.29 is 0 Å². The van der Waals surface area contributed by atoms with Crippen LogP contribution in [0.4, 0.5) is 5.95 Å². The fourth-order valence-electron chi connectivity index (χ4n) is 3.49. The van der Waals surface area contributed by atoms with Crippen LogP contribution in [0.3, 0.4) is 0 Å². The van der Waals surface area contributed by atoms with E-state index in [9.17, 15) is 0 Å². The first-order valence-corrected chi connectivity index (χ1v) is 8.85. The van der Waals surface area contributed by atoms with Crippen molar-refractivity contribution in [1.82, 2.24) is 9.97 Å². The zero-order valence-corrected chi connectivity index (χ0v) is 15.6. The van der Waals surface area contributed by atoms with E-state index in [0.717, 1.165) is 33.8 Å². The van der Waals surface area contributed by atoms with Crippen molar-refractivity contribution in [2.45, 2.75) is 27.3 Å². The molecule has 0 saturated carbocycles. The molecule has 26 heavy (non-hydrogen) atoms. The zero-order chi connectivity index (χ0) is 18.3. The van der Waals surface area contributed by atoms with E-state index in [1.807, 2.05) is 14.0 Å². The number of aromatic nitrogens is 2. The zero-order valence-electron chi connectivity index (χ0n) is 15.6. The molecule has 0 spiro atoms. The minimum atomic E-state index is 0.586. The van der Waals surface area contributed by atoms with Crippen LogP contribution in [0, 0.1) is 20.8 Å². The Kier molecular flexibility index (Phi) is 4.03. The molecule has 2 aromatic carbocycles. The smallest absolute Gasteiger partial charge is 0.223 e. The lowest BCUT2D eigenvalue weighted by Gasteiger charge is -2.14. The number of benzene rings is 2. The summed E-state index contributed by atoms with van der Waals surface area (Å²) in [7, 11) is 1.85. The van der Waals surface area contributed by atoms with Gasteiger partial charge in [0.1, 0.15) is 0 Å². The topological polar surface area (TPSA) is 50.2 Å². The first kappa shape index (κ1) is 16.5. The molecule has 4 heteroatoms. The molecule has 0 amide bonds. The van der Waals surface area contributed by atoms with Crippen molar-refractivity contribution in [3.63, 3.8) is 0 Å². The summed E-state index contributed by atoms with van der Waals surface area (Å²) in [6.45, 7) is 6.87. The number of aliphatic imine (C=N–C) groups is 1. The van der Waals surface area contributed by atoms with Gasteiger partial charge in [-0.15, -0.1) is 0 Å². The van der Waals surface area contributed by atoms with Gasteiger partial charge in [-0.25, -0.2) is 9.97 Å². The van der Waals surface area contributed by atoms with Crippen LogP contribution in [-0.4, -0.2) is 22.7 Å². The maximum absolute atomic E-state index is 5.01. The molecule has 0 aliphatic carbocycles. The summed E-state index contributed by atoms with van der Waals surface area (Å²) < 4.78 is 0. The summed E-state index contributed by atoms with van der Waals surface area (Å²) in [5.41, 5.74) is 9.95.